The normalized spacial score (nSPS) is 20.4. The molecule has 0 radical (unpaired) electrons. The van der Waals surface area contributed by atoms with Gasteiger partial charge in [0, 0.05) is 17.1 Å². The summed E-state index contributed by atoms with van der Waals surface area (Å²) < 4.78 is -1.01. The first-order chi connectivity index (χ1) is 11.8. The fourth-order valence-electron chi connectivity index (χ4n) is 2.37. The smallest absolute Gasteiger partial charge is 0.323 e. The van der Waals surface area contributed by atoms with Crippen molar-refractivity contribution in [1.82, 2.24) is 0 Å². The molecule has 25 heavy (non-hydrogen) atoms. The molecule has 1 fully saturated rings. The van der Waals surface area contributed by atoms with Crippen LogP contribution in [0.5, 0.6) is 0 Å². The average Bonchev–Trinajstić information content (AvgIpc) is 3.10. The number of halogens is 2. The number of para-hydroxylation sites is 1. The van der Waals surface area contributed by atoms with Gasteiger partial charge >= 0.3 is 6.03 Å². The van der Waals surface area contributed by atoms with Crippen molar-refractivity contribution in [2.75, 3.05) is 16.0 Å². The zero-order valence-electron chi connectivity index (χ0n) is 13.5. The van der Waals surface area contributed by atoms with E-state index in [4.69, 9.17) is 23.2 Å². The zero-order valence-corrected chi connectivity index (χ0v) is 15.0. The monoisotopic (exact) mass is 377 g/mol. The molecule has 1 aliphatic carbocycles. The van der Waals surface area contributed by atoms with Crippen LogP contribution in [0.1, 0.15) is 13.3 Å². The van der Waals surface area contributed by atoms with Crippen molar-refractivity contribution in [3.8, 4) is 0 Å². The molecule has 0 aliphatic heterocycles. The first-order valence-corrected chi connectivity index (χ1v) is 8.48. The quantitative estimate of drug-likeness (QED) is 0.666. The van der Waals surface area contributed by atoms with Crippen LogP contribution in [0, 0.1) is 5.41 Å². The minimum Gasteiger partial charge on any atom is -0.326 e. The van der Waals surface area contributed by atoms with E-state index in [2.05, 4.69) is 16.0 Å². The highest BCUT2D eigenvalue weighted by Crippen LogP contribution is 2.64. The van der Waals surface area contributed by atoms with Gasteiger partial charge in [-0.25, -0.2) is 4.79 Å². The van der Waals surface area contributed by atoms with Crippen molar-refractivity contribution < 1.29 is 9.59 Å². The summed E-state index contributed by atoms with van der Waals surface area (Å²) in [6, 6.07) is 15.6. The minimum absolute atomic E-state index is 0.222. The SMILES string of the molecule is CC1(C(=O)Nc2ccc(NC(=O)Nc3ccccc3)cc2)CC1(Cl)Cl. The van der Waals surface area contributed by atoms with Crippen molar-refractivity contribution in [3.05, 3.63) is 54.6 Å². The highest BCUT2D eigenvalue weighted by atomic mass is 35.5. The molecule has 0 spiro atoms. The van der Waals surface area contributed by atoms with E-state index in [1.165, 1.54) is 0 Å². The van der Waals surface area contributed by atoms with Crippen LogP contribution < -0.4 is 16.0 Å². The van der Waals surface area contributed by atoms with E-state index in [0.29, 0.717) is 23.5 Å². The lowest BCUT2D eigenvalue weighted by atomic mass is 10.1. The molecule has 1 atom stereocenters. The molecule has 3 amide bonds. The lowest BCUT2D eigenvalue weighted by Crippen LogP contribution is -2.25. The number of urea groups is 1. The Hall–Kier alpha value is -2.24. The van der Waals surface area contributed by atoms with Crippen LogP contribution in [0.4, 0.5) is 21.9 Å². The number of hydrogen-bond donors (Lipinski definition) is 3. The van der Waals surface area contributed by atoms with Gasteiger partial charge in [0.1, 0.15) is 4.33 Å². The van der Waals surface area contributed by atoms with Crippen LogP contribution in [-0.4, -0.2) is 16.3 Å². The van der Waals surface area contributed by atoms with Gasteiger partial charge in [0.25, 0.3) is 0 Å². The maximum atomic E-state index is 12.2. The molecule has 0 heterocycles. The van der Waals surface area contributed by atoms with Gasteiger partial charge in [-0.2, -0.15) is 0 Å². The predicted molar refractivity (Wildman–Crippen MR) is 101 cm³/mol. The molecule has 3 N–H and O–H groups in total. The Labute approximate surface area is 155 Å². The predicted octanol–water partition coefficient (Wildman–Crippen LogP) is 4.85. The summed E-state index contributed by atoms with van der Waals surface area (Å²) >= 11 is 12.0. The molecular weight excluding hydrogens is 361 g/mol. The number of hydrogen-bond acceptors (Lipinski definition) is 2. The van der Waals surface area contributed by atoms with E-state index in [9.17, 15) is 9.59 Å². The first-order valence-electron chi connectivity index (χ1n) is 7.73. The van der Waals surface area contributed by atoms with Gasteiger partial charge in [-0.3, -0.25) is 4.79 Å². The van der Waals surface area contributed by atoms with E-state index in [1.54, 1.807) is 43.3 Å². The molecule has 3 rings (SSSR count). The second kappa shape index (κ2) is 6.58. The molecule has 2 aromatic carbocycles. The number of amides is 3. The third-order valence-electron chi connectivity index (χ3n) is 4.19. The Balaban J connectivity index is 1.55. The zero-order chi connectivity index (χ0) is 18.1. The molecule has 5 nitrogen and oxygen atoms in total. The van der Waals surface area contributed by atoms with Gasteiger partial charge in [-0.15, -0.1) is 23.2 Å². The van der Waals surface area contributed by atoms with Gasteiger partial charge in [-0.1, -0.05) is 18.2 Å². The molecule has 0 aromatic heterocycles. The van der Waals surface area contributed by atoms with Crippen molar-refractivity contribution in [2.45, 2.75) is 17.7 Å². The summed E-state index contributed by atoms with van der Waals surface area (Å²) in [5.74, 6) is -0.222. The van der Waals surface area contributed by atoms with Crippen LogP contribution in [0.2, 0.25) is 0 Å². The van der Waals surface area contributed by atoms with Crippen molar-refractivity contribution in [3.63, 3.8) is 0 Å². The number of nitrogens with one attached hydrogen (secondary N) is 3. The van der Waals surface area contributed by atoms with E-state index in [1.807, 2.05) is 18.2 Å². The number of benzene rings is 2. The maximum Gasteiger partial charge on any atom is 0.323 e. The molecule has 2 aromatic rings. The largest absolute Gasteiger partial charge is 0.326 e. The van der Waals surface area contributed by atoms with Crippen molar-refractivity contribution >= 4 is 52.2 Å². The summed E-state index contributed by atoms with van der Waals surface area (Å²) in [6.07, 6.45) is 0.425. The van der Waals surface area contributed by atoms with Crippen LogP contribution in [0.3, 0.4) is 0 Å². The maximum absolute atomic E-state index is 12.2. The minimum atomic E-state index is -1.01. The standard InChI is InChI=1S/C18H17Cl2N3O2/c1-17(11-18(17,19)20)15(24)21-13-7-9-14(10-8-13)23-16(25)22-12-5-3-2-4-6-12/h2-10H,11H2,1H3,(H,21,24)(H2,22,23,25). The Morgan fingerprint density at radius 3 is 1.76 bits per heavy atom. The van der Waals surface area contributed by atoms with Crippen LogP contribution in [0.15, 0.2) is 54.6 Å². The second-order valence-electron chi connectivity index (χ2n) is 6.19. The van der Waals surface area contributed by atoms with Gasteiger partial charge in [-0.05, 0) is 49.7 Å². The fraction of sp³-hybridized carbons (Fsp3) is 0.222. The van der Waals surface area contributed by atoms with E-state index < -0.39 is 9.75 Å². The van der Waals surface area contributed by atoms with E-state index in [0.717, 1.165) is 0 Å². The Morgan fingerprint density at radius 2 is 1.28 bits per heavy atom. The third kappa shape index (κ3) is 3.89. The molecular formula is C18H17Cl2N3O2. The summed E-state index contributed by atoms with van der Waals surface area (Å²) in [7, 11) is 0. The van der Waals surface area contributed by atoms with Crippen molar-refractivity contribution in [2.24, 2.45) is 5.41 Å². The van der Waals surface area contributed by atoms with Crippen LogP contribution in [-0.2, 0) is 4.79 Å². The molecule has 1 saturated carbocycles. The van der Waals surface area contributed by atoms with Crippen LogP contribution >= 0.6 is 23.2 Å². The molecule has 130 valence electrons. The van der Waals surface area contributed by atoms with Crippen LogP contribution in [0.25, 0.3) is 0 Å². The number of rotatable bonds is 4. The third-order valence-corrected chi connectivity index (χ3v) is 5.29. The summed E-state index contributed by atoms with van der Waals surface area (Å²) in [6.45, 7) is 1.73. The molecule has 0 bridgehead atoms. The highest BCUT2D eigenvalue weighted by molar-refractivity contribution is 6.53. The summed E-state index contributed by atoms with van der Waals surface area (Å²) in [5.41, 5.74) is 1.14. The molecule has 1 unspecified atom stereocenters. The lowest BCUT2D eigenvalue weighted by Gasteiger charge is -2.13. The van der Waals surface area contributed by atoms with Gasteiger partial charge < -0.3 is 16.0 Å². The summed E-state index contributed by atoms with van der Waals surface area (Å²) in [4.78, 5) is 24.2. The number of anilines is 3. The molecule has 7 heteroatoms. The fourth-order valence-corrected chi connectivity index (χ4v) is 3.07. The van der Waals surface area contributed by atoms with Gasteiger partial charge in [0.05, 0.1) is 5.41 Å². The number of carbonyl (C=O) groups excluding carboxylic acids is 2. The molecule has 1 aliphatic rings. The lowest BCUT2D eigenvalue weighted by molar-refractivity contribution is -0.120. The van der Waals surface area contributed by atoms with Crippen molar-refractivity contribution in [1.29, 1.82) is 0 Å². The van der Waals surface area contributed by atoms with E-state index >= 15 is 0 Å². The Morgan fingerprint density at radius 1 is 0.840 bits per heavy atom. The number of alkyl halides is 2. The summed E-state index contributed by atoms with van der Waals surface area (Å²) in [5, 5.41) is 8.23. The molecule has 0 saturated heterocycles. The van der Waals surface area contributed by atoms with Gasteiger partial charge in [0.2, 0.25) is 5.91 Å². The average molecular weight is 378 g/mol. The Bertz CT molecular complexity index is 794. The first kappa shape index (κ1) is 17.6. The number of carbonyl (C=O) groups is 2. The van der Waals surface area contributed by atoms with Gasteiger partial charge in [0.15, 0.2) is 0 Å². The highest BCUT2D eigenvalue weighted by Gasteiger charge is 2.67. The second-order valence-corrected chi connectivity index (χ2v) is 7.67. The topological polar surface area (TPSA) is 70.2 Å². The van der Waals surface area contributed by atoms with E-state index in [-0.39, 0.29) is 11.9 Å². The Kier molecular flexibility index (Phi) is 4.62.